The van der Waals surface area contributed by atoms with E-state index in [-0.39, 0.29) is 17.9 Å². The van der Waals surface area contributed by atoms with Crippen molar-refractivity contribution in [1.82, 2.24) is 5.32 Å². The Hall–Kier alpha value is -0.570. The number of carbonyl (C=O) groups excluding carboxylic acids is 1. The molecule has 0 bridgehead atoms. The second-order valence-electron chi connectivity index (χ2n) is 5.32. The molecule has 3 nitrogen and oxygen atoms in total. The fourth-order valence-corrected chi connectivity index (χ4v) is 2.51. The molecule has 1 amide bonds. The molecule has 0 aromatic rings. The lowest BCUT2D eigenvalue weighted by Crippen LogP contribution is -2.48. The van der Waals surface area contributed by atoms with Crippen LogP contribution in [-0.4, -0.2) is 18.0 Å². The van der Waals surface area contributed by atoms with Crippen LogP contribution in [0.4, 0.5) is 0 Å². The largest absolute Gasteiger partial charge is 0.353 e. The number of hydrogen-bond donors (Lipinski definition) is 2. The third-order valence-corrected chi connectivity index (χ3v) is 3.73. The number of carbonyl (C=O) groups is 1. The van der Waals surface area contributed by atoms with Crippen molar-refractivity contribution < 1.29 is 4.79 Å². The van der Waals surface area contributed by atoms with Gasteiger partial charge in [-0.2, -0.15) is 0 Å². The Balaban J connectivity index is 2.49. The van der Waals surface area contributed by atoms with Gasteiger partial charge in [-0.15, -0.1) is 0 Å². The minimum Gasteiger partial charge on any atom is -0.353 e. The normalized spacial score (nSPS) is 27.8. The highest BCUT2D eigenvalue weighted by atomic mass is 16.2. The molecule has 94 valence electrons. The SMILES string of the molecule is CCC(NC(=O)C1CCCCC1N)C(C)C. The summed E-state index contributed by atoms with van der Waals surface area (Å²) in [5.41, 5.74) is 6.01. The second kappa shape index (κ2) is 6.24. The second-order valence-corrected chi connectivity index (χ2v) is 5.32. The van der Waals surface area contributed by atoms with Gasteiger partial charge in [0, 0.05) is 12.1 Å². The summed E-state index contributed by atoms with van der Waals surface area (Å²) in [6.45, 7) is 6.41. The van der Waals surface area contributed by atoms with Crippen LogP contribution in [0.3, 0.4) is 0 Å². The molecule has 0 aromatic carbocycles. The molecule has 3 atom stereocenters. The van der Waals surface area contributed by atoms with Crippen molar-refractivity contribution in [2.45, 2.75) is 65.0 Å². The highest BCUT2D eigenvalue weighted by Gasteiger charge is 2.29. The van der Waals surface area contributed by atoms with Crippen molar-refractivity contribution in [3.8, 4) is 0 Å². The maximum atomic E-state index is 12.1. The molecule has 3 N–H and O–H groups in total. The van der Waals surface area contributed by atoms with Gasteiger partial charge >= 0.3 is 0 Å². The van der Waals surface area contributed by atoms with Crippen molar-refractivity contribution in [3.05, 3.63) is 0 Å². The smallest absolute Gasteiger partial charge is 0.224 e. The van der Waals surface area contributed by atoms with Gasteiger partial charge < -0.3 is 11.1 Å². The summed E-state index contributed by atoms with van der Waals surface area (Å²) in [5, 5.41) is 3.15. The van der Waals surface area contributed by atoms with Gasteiger partial charge in [-0.1, -0.05) is 33.6 Å². The third-order valence-electron chi connectivity index (χ3n) is 3.73. The first-order valence-electron chi connectivity index (χ1n) is 6.62. The average Bonchev–Trinajstić information content (AvgIpc) is 2.25. The molecule has 1 fully saturated rings. The number of amides is 1. The highest BCUT2D eigenvalue weighted by Crippen LogP contribution is 2.23. The molecule has 0 heterocycles. The van der Waals surface area contributed by atoms with E-state index < -0.39 is 0 Å². The van der Waals surface area contributed by atoms with Crippen molar-refractivity contribution in [1.29, 1.82) is 0 Å². The number of nitrogens with one attached hydrogen (secondary N) is 1. The number of hydrogen-bond acceptors (Lipinski definition) is 2. The molecule has 0 aliphatic heterocycles. The Labute approximate surface area is 99.2 Å². The average molecular weight is 226 g/mol. The van der Waals surface area contributed by atoms with E-state index in [1.807, 2.05) is 0 Å². The van der Waals surface area contributed by atoms with Gasteiger partial charge in [0.25, 0.3) is 0 Å². The Morgan fingerprint density at radius 1 is 1.38 bits per heavy atom. The van der Waals surface area contributed by atoms with Crippen molar-refractivity contribution in [2.75, 3.05) is 0 Å². The Morgan fingerprint density at radius 3 is 2.50 bits per heavy atom. The van der Waals surface area contributed by atoms with E-state index >= 15 is 0 Å². The van der Waals surface area contributed by atoms with Crippen LogP contribution in [0.1, 0.15) is 52.9 Å². The topological polar surface area (TPSA) is 55.1 Å². The summed E-state index contributed by atoms with van der Waals surface area (Å²) in [4.78, 5) is 12.1. The minimum atomic E-state index is 0.0431. The maximum Gasteiger partial charge on any atom is 0.224 e. The summed E-state index contributed by atoms with van der Waals surface area (Å²) in [7, 11) is 0. The molecule has 1 rings (SSSR count). The zero-order valence-corrected chi connectivity index (χ0v) is 10.8. The standard InChI is InChI=1S/C13H26N2O/c1-4-12(9(2)3)15-13(16)10-7-5-6-8-11(10)14/h9-12H,4-8,14H2,1-3H3,(H,15,16). The summed E-state index contributed by atoms with van der Waals surface area (Å²) in [6, 6.07) is 0.361. The van der Waals surface area contributed by atoms with E-state index in [2.05, 4.69) is 26.1 Å². The zero-order valence-electron chi connectivity index (χ0n) is 10.8. The third kappa shape index (κ3) is 3.48. The summed E-state index contributed by atoms with van der Waals surface area (Å²) < 4.78 is 0. The van der Waals surface area contributed by atoms with Crippen LogP contribution in [0.2, 0.25) is 0 Å². The lowest BCUT2D eigenvalue weighted by atomic mass is 9.84. The van der Waals surface area contributed by atoms with Crippen LogP contribution < -0.4 is 11.1 Å². The lowest BCUT2D eigenvalue weighted by Gasteiger charge is -2.30. The molecule has 0 saturated heterocycles. The van der Waals surface area contributed by atoms with Crippen LogP contribution in [0.15, 0.2) is 0 Å². The fraction of sp³-hybridized carbons (Fsp3) is 0.923. The summed E-state index contributed by atoms with van der Waals surface area (Å²) in [6.07, 6.45) is 5.26. The van der Waals surface area contributed by atoms with Crippen LogP contribution in [0.5, 0.6) is 0 Å². The van der Waals surface area contributed by atoms with Gasteiger partial charge in [0.15, 0.2) is 0 Å². The van der Waals surface area contributed by atoms with Crippen molar-refractivity contribution in [3.63, 3.8) is 0 Å². The molecule has 0 radical (unpaired) electrons. The van der Waals surface area contributed by atoms with Crippen LogP contribution in [-0.2, 0) is 4.79 Å². The van der Waals surface area contributed by atoms with E-state index in [9.17, 15) is 4.79 Å². The molecular formula is C13H26N2O. The molecule has 1 saturated carbocycles. The van der Waals surface area contributed by atoms with Crippen molar-refractivity contribution in [2.24, 2.45) is 17.6 Å². The molecule has 1 aliphatic carbocycles. The molecular weight excluding hydrogens is 200 g/mol. The first-order chi connectivity index (χ1) is 7.56. The minimum absolute atomic E-state index is 0.0431. The van der Waals surface area contributed by atoms with E-state index in [4.69, 9.17) is 5.73 Å². The van der Waals surface area contributed by atoms with E-state index in [1.165, 1.54) is 6.42 Å². The predicted molar refractivity (Wildman–Crippen MR) is 67.0 cm³/mol. The first-order valence-corrected chi connectivity index (χ1v) is 6.62. The first kappa shape index (κ1) is 13.5. The Morgan fingerprint density at radius 2 is 2.00 bits per heavy atom. The zero-order chi connectivity index (χ0) is 12.1. The van der Waals surface area contributed by atoms with Gasteiger partial charge in [-0.3, -0.25) is 4.79 Å². The number of nitrogens with two attached hydrogens (primary N) is 1. The molecule has 1 aliphatic rings. The number of rotatable bonds is 4. The quantitative estimate of drug-likeness (QED) is 0.771. The van der Waals surface area contributed by atoms with Crippen molar-refractivity contribution >= 4 is 5.91 Å². The van der Waals surface area contributed by atoms with E-state index in [0.717, 1.165) is 25.7 Å². The molecule has 3 heteroatoms. The molecule has 0 aromatic heterocycles. The van der Waals surface area contributed by atoms with Gasteiger partial charge in [0.1, 0.15) is 0 Å². The van der Waals surface area contributed by atoms with Crippen LogP contribution in [0, 0.1) is 11.8 Å². The van der Waals surface area contributed by atoms with Gasteiger partial charge in [0.05, 0.1) is 5.92 Å². The Bertz CT molecular complexity index is 228. The van der Waals surface area contributed by atoms with E-state index in [0.29, 0.717) is 12.0 Å². The van der Waals surface area contributed by atoms with Crippen LogP contribution in [0.25, 0.3) is 0 Å². The van der Waals surface area contributed by atoms with E-state index in [1.54, 1.807) is 0 Å². The molecule has 0 spiro atoms. The van der Waals surface area contributed by atoms with Crippen LogP contribution >= 0.6 is 0 Å². The molecule has 3 unspecified atom stereocenters. The maximum absolute atomic E-state index is 12.1. The summed E-state index contributed by atoms with van der Waals surface area (Å²) in [5.74, 6) is 0.711. The highest BCUT2D eigenvalue weighted by molar-refractivity contribution is 5.79. The van der Waals surface area contributed by atoms with Gasteiger partial charge in [-0.25, -0.2) is 0 Å². The predicted octanol–water partition coefficient (Wildman–Crippen LogP) is 2.05. The summed E-state index contributed by atoms with van der Waals surface area (Å²) >= 11 is 0. The van der Waals surface area contributed by atoms with Gasteiger partial charge in [0.2, 0.25) is 5.91 Å². The Kier molecular flexibility index (Phi) is 5.26. The van der Waals surface area contributed by atoms with Gasteiger partial charge in [-0.05, 0) is 25.2 Å². The lowest BCUT2D eigenvalue weighted by molar-refractivity contribution is -0.127. The fourth-order valence-electron chi connectivity index (χ4n) is 2.51. The molecule has 16 heavy (non-hydrogen) atoms. The monoisotopic (exact) mass is 226 g/mol.